The smallest absolute Gasteiger partial charge is 0.227 e. The fourth-order valence-electron chi connectivity index (χ4n) is 1.50. The number of benzene rings is 1. The molecule has 16 heavy (non-hydrogen) atoms. The fourth-order valence-corrected chi connectivity index (χ4v) is 1.50. The van der Waals surface area contributed by atoms with E-state index in [-0.39, 0.29) is 17.6 Å². The second-order valence-electron chi connectivity index (χ2n) is 4.14. The number of anilines is 1. The van der Waals surface area contributed by atoms with E-state index in [0.29, 0.717) is 11.3 Å². The number of aryl methyl sites for hydroxylation is 1. The van der Waals surface area contributed by atoms with Crippen LogP contribution in [0.15, 0.2) is 18.2 Å². The molecule has 0 radical (unpaired) electrons. The molecule has 0 aliphatic heterocycles. The minimum Gasteiger partial charge on any atom is -0.326 e. The number of halogens is 1. The largest absolute Gasteiger partial charge is 0.326 e. The topological polar surface area (TPSA) is 29.1 Å². The van der Waals surface area contributed by atoms with Gasteiger partial charge < -0.3 is 5.32 Å². The third-order valence-corrected chi connectivity index (χ3v) is 2.61. The molecule has 0 fully saturated rings. The molecule has 0 bridgehead atoms. The molecule has 1 rings (SSSR count). The van der Waals surface area contributed by atoms with Gasteiger partial charge in [0, 0.05) is 11.6 Å². The fraction of sp³-hybridized carbons (Fsp3) is 0.462. The summed E-state index contributed by atoms with van der Waals surface area (Å²) in [6, 6.07) is 4.73. The Morgan fingerprint density at radius 2 is 2.19 bits per heavy atom. The van der Waals surface area contributed by atoms with E-state index < -0.39 is 0 Å². The Kier molecular flexibility index (Phi) is 4.47. The summed E-state index contributed by atoms with van der Waals surface area (Å²) in [5.41, 5.74) is 1.11. The van der Waals surface area contributed by atoms with Crippen LogP contribution >= 0.6 is 0 Å². The first-order chi connectivity index (χ1) is 7.54. The SMILES string of the molecule is CCC[C@H](C)C(=O)Nc1ccc(C)c(F)c1. The molecule has 0 heterocycles. The highest BCUT2D eigenvalue weighted by Crippen LogP contribution is 2.15. The van der Waals surface area contributed by atoms with Gasteiger partial charge in [-0.15, -0.1) is 0 Å². The molecule has 1 aromatic carbocycles. The van der Waals surface area contributed by atoms with Gasteiger partial charge in [-0.3, -0.25) is 4.79 Å². The molecule has 0 saturated heterocycles. The molecule has 0 unspecified atom stereocenters. The van der Waals surface area contributed by atoms with Gasteiger partial charge in [0.25, 0.3) is 0 Å². The van der Waals surface area contributed by atoms with Gasteiger partial charge in [-0.2, -0.15) is 0 Å². The molecule has 0 aromatic heterocycles. The van der Waals surface area contributed by atoms with Gasteiger partial charge in [0.05, 0.1) is 0 Å². The highest BCUT2D eigenvalue weighted by atomic mass is 19.1. The minimum absolute atomic E-state index is 0.0330. The average molecular weight is 223 g/mol. The van der Waals surface area contributed by atoms with Crippen molar-refractivity contribution in [3.05, 3.63) is 29.6 Å². The summed E-state index contributed by atoms with van der Waals surface area (Å²) in [4.78, 5) is 11.7. The van der Waals surface area contributed by atoms with E-state index in [1.807, 2.05) is 13.8 Å². The molecule has 0 saturated carbocycles. The third kappa shape index (κ3) is 3.33. The van der Waals surface area contributed by atoms with Crippen molar-refractivity contribution in [3.63, 3.8) is 0 Å². The van der Waals surface area contributed by atoms with E-state index in [4.69, 9.17) is 0 Å². The summed E-state index contributed by atoms with van der Waals surface area (Å²) in [6.45, 7) is 5.61. The number of carbonyl (C=O) groups is 1. The van der Waals surface area contributed by atoms with Gasteiger partial charge in [-0.05, 0) is 31.0 Å². The lowest BCUT2D eigenvalue weighted by Crippen LogP contribution is -2.20. The predicted octanol–water partition coefficient (Wildman–Crippen LogP) is 3.51. The quantitative estimate of drug-likeness (QED) is 0.831. The maximum absolute atomic E-state index is 13.2. The van der Waals surface area contributed by atoms with E-state index in [0.717, 1.165) is 12.8 Å². The predicted molar refractivity (Wildman–Crippen MR) is 63.8 cm³/mol. The maximum atomic E-state index is 13.2. The summed E-state index contributed by atoms with van der Waals surface area (Å²) in [5, 5.41) is 2.72. The summed E-state index contributed by atoms with van der Waals surface area (Å²) < 4.78 is 13.2. The summed E-state index contributed by atoms with van der Waals surface area (Å²) in [7, 11) is 0. The highest BCUT2D eigenvalue weighted by Gasteiger charge is 2.12. The Morgan fingerprint density at radius 3 is 2.75 bits per heavy atom. The summed E-state index contributed by atoms with van der Waals surface area (Å²) >= 11 is 0. The van der Waals surface area contributed by atoms with Crippen molar-refractivity contribution >= 4 is 11.6 Å². The van der Waals surface area contributed by atoms with E-state index in [2.05, 4.69) is 5.32 Å². The van der Waals surface area contributed by atoms with Crippen LogP contribution in [-0.2, 0) is 4.79 Å². The number of hydrogen-bond acceptors (Lipinski definition) is 1. The Morgan fingerprint density at radius 1 is 1.50 bits per heavy atom. The maximum Gasteiger partial charge on any atom is 0.227 e. The molecule has 1 N–H and O–H groups in total. The first-order valence-corrected chi connectivity index (χ1v) is 5.61. The van der Waals surface area contributed by atoms with Crippen LogP contribution in [0.25, 0.3) is 0 Å². The Labute approximate surface area is 95.9 Å². The van der Waals surface area contributed by atoms with Gasteiger partial charge >= 0.3 is 0 Å². The van der Waals surface area contributed by atoms with Crippen LogP contribution in [0.4, 0.5) is 10.1 Å². The van der Waals surface area contributed by atoms with Crippen molar-refractivity contribution in [1.29, 1.82) is 0 Å². The van der Waals surface area contributed by atoms with Crippen molar-refractivity contribution in [2.45, 2.75) is 33.6 Å². The lowest BCUT2D eigenvalue weighted by Gasteiger charge is -2.11. The number of rotatable bonds is 4. The molecule has 1 amide bonds. The zero-order valence-electron chi connectivity index (χ0n) is 10.0. The molecule has 0 aliphatic rings. The summed E-state index contributed by atoms with van der Waals surface area (Å²) in [6.07, 6.45) is 1.82. The molecule has 1 aromatic rings. The van der Waals surface area contributed by atoms with Crippen molar-refractivity contribution in [2.24, 2.45) is 5.92 Å². The molecule has 88 valence electrons. The van der Waals surface area contributed by atoms with E-state index in [1.54, 1.807) is 19.1 Å². The zero-order valence-corrected chi connectivity index (χ0v) is 10.0. The Balaban J connectivity index is 2.66. The number of hydrogen-bond donors (Lipinski definition) is 1. The molecule has 2 nitrogen and oxygen atoms in total. The monoisotopic (exact) mass is 223 g/mol. The van der Waals surface area contributed by atoms with Gasteiger partial charge in [0.2, 0.25) is 5.91 Å². The lowest BCUT2D eigenvalue weighted by molar-refractivity contribution is -0.119. The number of carbonyl (C=O) groups excluding carboxylic acids is 1. The van der Waals surface area contributed by atoms with E-state index >= 15 is 0 Å². The van der Waals surface area contributed by atoms with Crippen LogP contribution in [0.2, 0.25) is 0 Å². The van der Waals surface area contributed by atoms with Crippen LogP contribution < -0.4 is 5.32 Å². The molecule has 1 atom stereocenters. The van der Waals surface area contributed by atoms with Crippen molar-refractivity contribution in [1.82, 2.24) is 0 Å². The standard InChI is InChI=1S/C13H18FNO/c1-4-5-10(3)13(16)15-11-7-6-9(2)12(14)8-11/h6-8,10H,4-5H2,1-3H3,(H,15,16)/t10-/m0/s1. The molecule has 3 heteroatoms. The zero-order chi connectivity index (χ0) is 12.1. The van der Waals surface area contributed by atoms with Gasteiger partial charge in [-0.1, -0.05) is 26.3 Å². The van der Waals surface area contributed by atoms with E-state index in [9.17, 15) is 9.18 Å². The van der Waals surface area contributed by atoms with Gasteiger partial charge in [0.15, 0.2) is 0 Å². The molecular weight excluding hydrogens is 205 g/mol. The molecule has 0 spiro atoms. The number of nitrogens with one attached hydrogen (secondary N) is 1. The Bertz CT molecular complexity index is 376. The molecule has 0 aliphatic carbocycles. The summed E-state index contributed by atoms with van der Waals surface area (Å²) in [5.74, 6) is -0.375. The van der Waals surface area contributed by atoms with Crippen LogP contribution in [0.5, 0.6) is 0 Å². The second-order valence-corrected chi connectivity index (χ2v) is 4.14. The van der Waals surface area contributed by atoms with Crippen molar-refractivity contribution in [2.75, 3.05) is 5.32 Å². The third-order valence-electron chi connectivity index (χ3n) is 2.61. The van der Waals surface area contributed by atoms with Crippen LogP contribution in [0.3, 0.4) is 0 Å². The highest BCUT2D eigenvalue weighted by molar-refractivity contribution is 5.92. The normalized spacial score (nSPS) is 12.2. The first kappa shape index (κ1) is 12.7. The van der Waals surface area contributed by atoms with Crippen LogP contribution in [0.1, 0.15) is 32.3 Å². The number of amides is 1. The van der Waals surface area contributed by atoms with Gasteiger partial charge in [0.1, 0.15) is 5.82 Å². The van der Waals surface area contributed by atoms with Gasteiger partial charge in [-0.25, -0.2) is 4.39 Å². The minimum atomic E-state index is -0.291. The second kappa shape index (κ2) is 5.64. The average Bonchev–Trinajstić information content (AvgIpc) is 2.24. The lowest BCUT2D eigenvalue weighted by atomic mass is 10.1. The molecular formula is C13H18FNO. The van der Waals surface area contributed by atoms with Crippen LogP contribution in [-0.4, -0.2) is 5.91 Å². The first-order valence-electron chi connectivity index (χ1n) is 5.61. The van der Waals surface area contributed by atoms with Crippen molar-refractivity contribution in [3.8, 4) is 0 Å². The van der Waals surface area contributed by atoms with E-state index in [1.165, 1.54) is 6.07 Å². The van der Waals surface area contributed by atoms with Crippen molar-refractivity contribution < 1.29 is 9.18 Å². The van der Waals surface area contributed by atoms with Crippen LogP contribution in [0, 0.1) is 18.7 Å². The Hall–Kier alpha value is -1.38.